The van der Waals surface area contributed by atoms with Crippen molar-refractivity contribution in [1.29, 1.82) is 0 Å². The van der Waals surface area contributed by atoms with Crippen LogP contribution >= 0.6 is 11.3 Å². The van der Waals surface area contributed by atoms with Gasteiger partial charge in [0.1, 0.15) is 0 Å². The zero-order chi connectivity index (χ0) is 12.4. The number of rotatable bonds is 4. The van der Waals surface area contributed by atoms with Gasteiger partial charge in [0, 0.05) is 18.0 Å². The van der Waals surface area contributed by atoms with Gasteiger partial charge in [0.05, 0.1) is 11.2 Å². The Kier molecular flexibility index (Phi) is 3.43. The lowest BCUT2D eigenvalue weighted by molar-refractivity contribution is 0.288. The summed E-state index contributed by atoms with van der Waals surface area (Å²) in [7, 11) is 0. The Labute approximate surface area is 112 Å². The summed E-state index contributed by atoms with van der Waals surface area (Å²) in [6.07, 6.45) is 2.52. The van der Waals surface area contributed by atoms with Crippen LogP contribution in [0.1, 0.15) is 35.6 Å². The van der Waals surface area contributed by atoms with E-state index in [0.29, 0.717) is 6.04 Å². The number of thiazole rings is 1. The van der Waals surface area contributed by atoms with E-state index in [-0.39, 0.29) is 0 Å². The van der Waals surface area contributed by atoms with Crippen LogP contribution in [0.4, 0.5) is 0 Å². The average Bonchev–Trinajstić information content (AvgIpc) is 2.80. The first-order chi connectivity index (χ1) is 8.81. The molecular formula is C15H18N2S. The smallest absolute Gasteiger partial charge is 0.0795 e. The van der Waals surface area contributed by atoms with Gasteiger partial charge in [0.2, 0.25) is 0 Å². The van der Waals surface area contributed by atoms with Gasteiger partial charge in [-0.25, -0.2) is 4.98 Å². The number of aromatic nitrogens is 1. The van der Waals surface area contributed by atoms with Crippen LogP contribution in [0.5, 0.6) is 0 Å². The Balaban J connectivity index is 1.48. The SMILES string of the molecule is Cc1cccc(C2CC(NCc3cscn3)C2)c1. The fourth-order valence-electron chi connectivity index (χ4n) is 2.55. The maximum atomic E-state index is 4.29. The van der Waals surface area contributed by atoms with Crippen molar-refractivity contribution in [3.63, 3.8) is 0 Å². The second-order valence-electron chi connectivity index (χ2n) is 5.14. The maximum Gasteiger partial charge on any atom is 0.0795 e. The molecule has 0 radical (unpaired) electrons. The molecule has 1 heterocycles. The molecule has 1 aromatic heterocycles. The summed E-state index contributed by atoms with van der Waals surface area (Å²) in [4.78, 5) is 4.29. The third-order valence-electron chi connectivity index (χ3n) is 3.71. The molecule has 1 aliphatic carbocycles. The monoisotopic (exact) mass is 258 g/mol. The van der Waals surface area contributed by atoms with E-state index in [4.69, 9.17) is 0 Å². The fraction of sp³-hybridized carbons (Fsp3) is 0.400. The van der Waals surface area contributed by atoms with Gasteiger partial charge in [0.15, 0.2) is 0 Å². The number of nitrogens with zero attached hydrogens (tertiary/aromatic N) is 1. The summed E-state index contributed by atoms with van der Waals surface area (Å²) < 4.78 is 0. The van der Waals surface area contributed by atoms with Crippen molar-refractivity contribution in [3.05, 3.63) is 52.0 Å². The first-order valence-corrected chi connectivity index (χ1v) is 7.42. The molecule has 94 valence electrons. The summed E-state index contributed by atoms with van der Waals surface area (Å²) in [5.41, 5.74) is 5.93. The van der Waals surface area contributed by atoms with Crippen molar-refractivity contribution in [2.75, 3.05) is 0 Å². The first kappa shape index (κ1) is 11.9. The Morgan fingerprint density at radius 3 is 3.00 bits per heavy atom. The fourth-order valence-corrected chi connectivity index (χ4v) is 3.11. The predicted octanol–water partition coefficient (Wildman–Crippen LogP) is 3.49. The molecule has 0 aliphatic heterocycles. The van der Waals surface area contributed by atoms with Gasteiger partial charge in [-0.15, -0.1) is 11.3 Å². The topological polar surface area (TPSA) is 24.9 Å². The Morgan fingerprint density at radius 2 is 2.28 bits per heavy atom. The maximum absolute atomic E-state index is 4.29. The van der Waals surface area contributed by atoms with Gasteiger partial charge in [-0.3, -0.25) is 0 Å². The molecule has 18 heavy (non-hydrogen) atoms. The molecule has 0 unspecified atom stereocenters. The van der Waals surface area contributed by atoms with E-state index in [1.54, 1.807) is 11.3 Å². The third-order valence-corrected chi connectivity index (χ3v) is 4.34. The molecule has 3 heteroatoms. The molecule has 1 N–H and O–H groups in total. The minimum Gasteiger partial charge on any atom is -0.308 e. The number of nitrogens with one attached hydrogen (secondary N) is 1. The van der Waals surface area contributed by atoms with Gasteiger partial charge in [-0.2, -0.15) is 0 Å². The molecule has 3 rings (SSSR count). The van der Waals surface area contributed by atoms with Crippen LogP contribution in [-0.4, -0.2) is 11.0 Å². The standard InChI is InChI=1S/C15H18N2S/c1-11-3-2-4-12(5-11)13-6-14(7-13)16-8-15-9-18-10-17-15/h2-5,9-10,13-14,16H,6-8H2,1H3. The van der Waals surface area contributed by atoms with E-state index >= 15 is 0 Å². The predicted molar refractivity (Wildman–Crippen MR) is 75.9 cm³/mol. The molecule has 0 amide bonds. The van der Waals surface area contributed by atoms with Crippen molar-refractivity contribution in [2.45, 2.75) is 38.3 Å². The molecule has 1 aliphatic rings. The van der Waals surface area contributed by atoms with E-state index in [1.807, 2.05) is 5.51 Å². The number of hydrogen-bond donors (Lipinski definition) is 1. The normalized spacial score (nSPS) is 22.7. The highest BCUT2D eigenvalue weighted by atomic mass is 32.1. The molecule has 0 saturated heterocycles. The quantitative estimate of drug-likeness (QED) is 0.908. The van der Waals surface area contributed by atoms with E-state index in [0.717, 1.165) is 12.5 Å². The molecule has 1 fully saturated rings. The largest absolute Gasteiger partial charge is 0.308 e. The zero-order valence-corrected chi connectivity index (χ0v) is 11.4. The van der Waals surface area contributed by atoms with Crippen molar-refractivity contribution in [1.82, 2.24) is 10.3 Å². The van der Waals surface area contributed by atoms with Gasteiger partial charge < -0.3 is 5.32 Å². The van der Waals surface area contributed by atoms with Gasteiger partial charge in [-0.1, -0.05) is 29.8 Å². The molecule has 0 bridgehead atoms. The number of benzene rings is 1. The van der Waals surface area contributed by atoms with E-state index < -0.39 is 0 Å². The molecule has 1 aromatic carbocycles. The number of hydrogen-bond acceptors (Lipinski definition) is 3. The summed E-state index contributed by atoms with van der Waals surface area (Å²) in [5, 5.41) is 5.69. The molecule has 2 nitrogen and oxygen atoms in total. The average molecular weight is 258 g/mol. The Bertz CT molecular complexity index is 501. The molecular weight excluding hydrogens is 240 g/mol. The minimum absolute atomic E-state index is 0.664. The zero-order valence-electron chi connectivity index (χ0n) is 10.6. The Hall–Kier alpha value is -1.19. The van der Waals surface area contributed by atoms with Crippen LogP contribution in [-0.2, 0) is 6.54 Å². The van der Waals surface area contributed by atoms with E-state index in [9.17, 15) is 0 Å². The highest BCUT2D eigenvalue weighted by Crippen LogP contribution is 2.37. The summed E-state index contributed by atoms with van der Waals surface area (Å²) in [6.45, 7) is 3.08. The lowest BCUT2D eigenvalue weighted by Crippen LogP contribution is -2.39. The van der Waals surface area contributed by atoms with Gasteiger partial charge in [0.25, 0.3) is 0 Å². The summed E-state index contributed by atoms with van der Waals surface area (Å²) in [5.74, 6) is 0.748. The lowest BCUT2D eigenvalue weighted by Gasteiger charge is -2.36. The molecule has 0 spiro atoms. The first-order valence-electron chi connectivity index (χ1n) is 6.48. The summed E-state index contributed by atoms with van der Waals surface area (Å²) in [6, 6.07) is 9.58. The van der Waals surface area contributed by atoms with Gasteiger partial charge >= 0.3 is 0 Å². The van der Waals surface area contributed by atoms with Crippen LogP contribution in [0.2, 0.25) is 0 Å². The highest BCUT2D eigenvalue weighted by molar-refractivity contribution is 7.07. The van der Waals surface area contributed by atoms with Crippen molar-refractivity contribution < 1.29 is 0 Å². The summed E-state index contributed by atoms with van der Waals surface area (Å²) >= 11 is 1.66. The Morgan fingerprint density at radius 1 is 1.39 bits per heavy atom. The van der Waals surface area contributed by atoms with Crippen LogP contribution in [0.25, 0.3) is 0 Å². The van der Waals surface area contributed by atoms with Gasteiger partial charge in [-0.05, 0) is 31.2 Å². The van der Waals surface area contributed by atoms with Crippen LogP contribution in [0.15, 0.2) is 35.2 Å². The van der Waals surface area contributed by atoms with Crippen LogP contribution in [0, 0.1) is 6.92 Å². The third kappa shape index (κ3) is 2.62. The van der Waals surface area contributed by atoms with Crippen molar-refractivity contribution in [2.24, 2.45) is 0 Å². The number of aryl methyl sites for hydroxylation is 1. The second-order valence-corrected chi connectivity index (χ2v) is 5.86. The molecule has 0 atom stereocenters. The van der Waals surface area contributed by atoms with Crippen LogP contribution in [0.3, 0.4) is 0 Å². The van der Waals surface area contributed by atoms with Crippen LogP contribution < -0.4 is 5.32 Å². The lowest BCUT2D eigenvalue weighted by atomic mass is 9.75. The minimum atomic E-state index is 0.664. The molecule has 1 saturated carbocycles. The van der Waals surface area contributed by atoms with E-state index in [2.05, 4.69) is 46.9 Å². The van der Waals surface area contributed by atoms with Crippen molar-refractivity contribution in [3.8, 4) is 0 Å². The van der Waals surface area contributed by atoms with Crippen molar-refractivity contribution >= 4 is 11.3 Å². The second kappa shape index (κ2) is 5.21. The molecule has 2 aromatic rings. The highest BCUT2D eigenvalue weighted by Gasteiger charge is 2.29. The van der Waals surface area contributed by atoms with E-state index in [1.165, 1.54) is 29.7 Å².